The predicted octanol–water partition coefficient (Wildman–Crippen LogP) is 7.81. The summed E-state index contributed by atoms with van der Waals surface area (Å²) < 4.78 is 0. The second kappa shape index (κ2) is 15.1. The molecule has 1 heterocycles. The minimum Gasteiger partial charge on any atom is -0.0845 e. The molecule has 0 N–H and O–H groups in total. The van der Waals surface area contributed by atoms with Gasteiger partial charge in [-0.3, -0.25) is 0 Å². The molecule has 0 unspecified atom stereocenters. The third kappa shape index (κ3) is 12.7. The number of hydrogen-bond donors (Lipinski definition) is 0. The lowest BCUT2D eigenvalue weighted by Gasteiger charge is -1.99. The lowest BCUT2D eigenvalue weighted by molar-refractivity contribution is 0.735. The highest BCUT2D eigenvalue weighted by Crippen LogP contribution is 2.55. The lowest BCUT2D eigenvalue weighted by Crippen LogP contribution is -1.78. The average Bonchev–Trinajstić information content (AvgIpc) is 2.39. The van der Waals surface area contributed by atoms with E-state index < -0.39 is 0 Å². The van der Waals surface area contributed by atoms with Gasteiger partial charge in [0.2, 0.25) is 0 Å². The van der Waals surface area contributed by atoms with E-state index in [1.165, 1.54) is 31.4 Å². The Morgan fingerprint density at radius 3 is 2.50 bits per heavy atom. The highest BCUT2D eigenvalue weighted by molar-refractivity contribution is 9.46. The van der Waals surface area contributed by atoms with Crippen LogP contribution in [0.3, 0.4) is 0 Å². The van der Waals surface area contributed by atoms with Crippen molar-refractivity contribution >= 4 is 70.7 Å². The molecule has 0 aliphatic carbocycles. The summed E-state index contributed by atoms with van der Waals surface area (Å²) in [5.74, 6) is 1.27. The van der Waals surface area contributed by atoms with Crippen LogP contribution in [0.4, 0.5) is 0 Å². The zero-order chi connectivity index (χ0) is 12.7. The van der Waals surface area contributed by atoms with Gasteiger partial charge >= 0.3 is 0 Å². The van der Waals surface area contributed by atoms with E-state index >= 15 is 0 Å². The molecule has 0 bridgehead atoms. The van der Waals surface area contributed by atoms with Crippen molar-refractivity contribution in [1.29, 1.82) is 0 Å². The summed E-state index contributed by atoms with van der Waals surface area (Å²) in [6.07, 6.45) is 15.9. The topological polar surface area (TPSA) is 0 Å². The van der Waals surface area contributed by atoms with Crippen LogP contribution in [0.1, 0.15) is 25.7 Å². The fourth-order valence-electron chi connectivity index (χ4n) is 1.11. The highest BCUT2D eigenvalue weighted by Gasteiger charge is 1.95. The summed E-state index contributed by atoms with van der Waals surface area (Å²) in [5, 5.41) is 2.12. The van der Waals surface area contributed by atoms with E-state index in [2.05, 4.69) is 35.8 Å². The van der Waals surface area contributed by atoms with E-state index in [4.69, 9.17) is 0 Å². The molecule has 0 radical (unpaired) electrons. The Labute approximate surface area is 137 Å². The molecular weight excluding hydrogens is 357 g/mol. The molecule has 0 spiro atoms. The van der Waals surface area contributed by atoms with Gasteiger partial charge in [-0.25, -0.2) is 0 Å². The second-order valence-electron chi connectivity index (χ2n) is 3.25. The zero-order valence-corrected chi connectivity index (χ0v) is 15.6. The molecule has 7 heteroatoms. The van der Waals surface area contributed by atoms with Crippen LogP contribution in [0.25, 0.3) is 0 Å². The third-order valence-electron chi connectivity index (χ3n) is 1.90. The van der Waals surface area contributed by atoms with Gasteiger partial charge in [0, 0.05) is 5.75 Å². The summed E-state index contributed by atoms with van der Waals surface area (Å²) in [4.78, 5) is 0. The Bertz CT molecular complexity index is 236. The van der Waals surface area contributed by atoms with E-state index in [1.54, 1.807) is 10.8 Å². The minimum absolute atomic E-state index is 1.21. The molecule has 0 saturated heterocycles. The Morgan fingerprint density at radius 1 is 0.667 bits per heavy atom. The standard InChI is InChI=1S/C11H16S7/c1-2-4-6-8-10-12-14-16-18-17-15-13-11-9-7-5-3-1/h1-2,4,6,8,10H,3,5,7,9,11H2/b2-1+,6-4+,10-8-. The quantitative estimate of drug-likeness (QED) is 0.392. The molecule has 18 heavy (non-hydrogen) atoms. The van der Waals surface area contributed by atoms with Gasteiger partial charge in [0.25, 0.3) is 0 Å². The lowest BCUT2D eigenvalue weighted by atomic mass is 10.2. The van der Waals surface area contributed by atoms with Gasteiger partial charge in [-0.05, 0) is 73.8 Å². The first-order valence-corrected chi connectivity index (χ1v) is 14.6. The molecular formula is C11H16S7. The Balaban J connectivity index is 2.20. The predicted molar refractivity (Wildman–Crippen MR) is 104 cm³/mol. The average molecular weight is 373 g/mol. The third-order valence-corrected chi connectivity index (χ3v) is 14.6. The normalized spacial score (nSPS) is 26.7. The smallest absolute Gasteiger partial charge is 0.00454 e. The highest BCUT2D eigenvalue weighted by atomic mass is 33.9. The van der Waals surface area contributed by atoms with Crippen molar-refractivity contribution < 1.29 is 0 Å². The van der Waals surface area contributed by atoms with E-state index in [1.807, 2.05) is 59.9 Å². The molecule has 0 atom stereocenters. The molecule has 102 valence electrons. The molecule has 0 aromatic heterocycles. The van der Waals surface area contributed by atoms with Crippen LogP contribution < -0.4 is 0 Å². The van der Waals surface area contributed by atoms with Gasteiger partial charge in [0.05, 0.1) is 0 Å². The Morgan fingerprint density at radius 2 is 1.50 bits per heavy atom. The molecule has 1 aliphatic heterocycles. The minimum atomic E-state index is 1.21. The summed E-state index contributed by atoms with van der Waals surface area (Å²) in [6.45, 7) is 0. The first kappa shape index (κ1) is 17.7. The summed E-state index contributed by atoms with van der Waals surface area (Å²) >= 11 is 0. The molecule has 0 aromatic carbocycles. The summed E-state index contributed by atoms with van der Waals surface area (Å²) in [5.41, 5.74) is 0. The van der Waals surface area contributed by atoms with E-state index in [0.717, 1.165) is 0 Å². The first-order valence-electron chi connectivity index (χ1n) is 5.60. The van der Waals surface area contributed by atoms with Crippen molar-refractivity contribution in [1.82, 2.24) is 0 Å². The first-order chi connectivity index (χ1) is 9.00. The van der Waals surface area contributed by atoms with Crippen LogP contribution in [-0.2, 0) is 0 Å². The van der Waals surface area contributed by atoms with Crippen molar-refractivity contribution in [2.75, 3.05) is 5.75 Å². The molecule has 0 amide bonds. The van der Waals surface area contributed by atoms with Crippen molar-refractivity contribution in [2.45, 2.75) is 25.7 Å². The molecule has 1 aliphatic rings. The Hall–Kier alpha value is 1.67. The van der Waals surface area contributed by atoms with E-state index in [0.29, 0.717) is 0 Å². The SMILES string of the molecule is C1=C\SSSSSSSCCCCC/C=C/C=C/1. The molecule has 0 fully saturated rings. The monoisotopic (exact) mass is 372 g/mol. The largest absolute Gasteiger partial charge is 0.0845 e. The van der Waals surface area contributed by atoms with Crippen molar-refractivity contribution in [3.05, 3.63) is 35.8 Å². The van der Waals surface area contributed by atoms with E-state index in [9.17, 15) is 0 Å². The zero-order valence-electron chi connectivity index (χ0n) is 9.86. The number of allylic oxidation sites excluding steroid dienone is 5. The van der Waals surface area contributed by atoms with Crippen LogP contribution in [0.15, 0.2) is 35.8 Å². The van der Waals surface area contributed by atoms with Crippen molar-refractivity contribution in [3.8, 4) is 0 Å². The fourth-order valence-corrected chi connectivity index (χ4v) is 14.7. The van der Waals surface area contributed by atoms with Crippen LogP contribution in [-0.4, -0.2) is 5.75 Å². The summed E-state index contributed by atoms with van der Waals surface area (Å²) in [7, 11) is 13.0. The Kier molecular flexibility index (Phi) is 14.8. The second-order valence-corrected chi connectivity index (χ2v) is 14.5. The van der Waals surface area contributed by atoms with Crippen molar-refractivity contribution in [2.24, 2.45) is 0 Å². The van der Waals surface area contributed by atoms with Gasteiger partial charge in [-0.15, -0.1) is 0 Å². The van der Waals surface area contributed by atoms with Crippen LogP contribution in [0.2, 0.25) is 0 Å². The molecule has 0 aromatic rings. The maximum Gasteiger partial charge on any atom is 0.00454 e. The molecule has 1 rings (SSSR count). The van der Waals surface area contributed by atoms with Crippen molar-refractivity contribution in [3.63, 3.8) is 0 Å². The molecule has 0 saturated carbocycles. The molecule has 0 nitrogen and oxygen atoms in total. The maximum absolute atomic E-state index is 2.26. The maximum atomic E-state index is 2.26. The number of rotatable bonds is 0. The van der Waals surface area contributed by atoms with Crippen LogP contribution in [0.5, 0.6) is 0 Å². The fraction of sp³-hybridized carbons (Fsp3) is 0.455. The number of hydrogen-bond acceptors (Lipinski definition) is 7. The van der Waals surface area contributed by atoms with Crippen LogP contribution in [0, 0.1) is 0 Å². The summed E-state index contributed by atoms with van der Waals surface area (Å²) in [6, 6.07) is 0. The van der Waals surface area contributed by atoms with Gasteiger partial charge in [-0.2, -0.15) is 0 Å². The van der Waals surface area contributed by atoms with E-state index in [-0.39, 0.29) is 0 Å². The van der Waals surface area contributed by atoms with Gasteiger partial charge in [-0.1, -0.05) is 58.4 Å². The van der Waals surface area contributed by atoms with Gasteiger partial charge in [0.15, 0.2) is 0 Å². The van der Waals surface area contributed by atoms with Gasteiger partial charge in [0.1, 0.15) is 0 Å². The van der Waals surface area contributed by atoms with Gasteiger partial charge < -0.3 is 0 Å². The van der Waals surface area contributed by atoms with Crippen LogP contribution >= 0.6 is 70.7 Å².